The van der Waals surface area contributed by atoms with E-state index in [4.69, 9.17) is 14.2 Å². The van der Waals surface area contributed by atoms with Crippen molar-refractivity contribution < 1.29 is 29.5 Å². The minimum atomic E-state index is -1.21. The van der Waals surface area contributed by atoms with E-state index in [2.05, 4.69) is 58.0 Å². The van der Waals surface area contributed by atoms with Crippen molar-refractivity contribution in [3.63, 3.8) is 0 Å². The number of epoxide rings is 1. The number of fused-ring (bicyclic) bond motifs is 5. The molecule has 13 unspecified atom stereocenters. The Hall–Kier alpha value is -2.00. The molecule has 0 amide bonds. The van der Waals surface area contributed by atoms with Crippen LogP contribution in [0, 0.1) is 23.2 Å². The summed E-state index contributed by atoms with van der Waals surface area (Å²) in [5.41, 5.74) is 2.76. The van der Waals surface area contributed by atoms with Crippen LogP contribution in [-0.4, -0.2) is 61.5 Å². The number of aromatic amines is 1. The van der Waals surface area contributed by atoms with Gasteiger partial charge >= 0.3 is 0 Å². The highest BCUT2D eigenvalue weighted by Gasteiger charge is 2.87. The summed E-state index contributed by atoms with van der Waals surface area (Å²) in [5, 5.41) is 38.4. The number of aromatic nitrogens is 1. The number of rotatable bonds is 1. The zero-order valence-electron chi connectivity index (χ0n) is 26.5. The number of aliphatic hydroxyl groups excluding tert-OH is 1. The molecule has 0 bridgehead atoms. The van der Waals surface area contributed by atoms with Gasteiger partial charge in [0.15, 0.2) is 5.60 Å². The van der Waals surface area contributed by atoms with Crippen LogP contribution in [-0.2, 0) is 31.6 Å². The van der Waals surface area contributed by atoms with Crippen molar-refractivity contribution in [2.24, 2.45) is 23.2 Å². The highest BCUT2D eigenvalue weighted by molar-refractivity contribution is 5.93. The first-order valence-electron chi connectivity index (χ1n) is 16.8. The summed E-state index contributed by atoms with van der Waals surface area (Å²) < 4.78 is 20.4. The summed E-state index contributed by atoms with van der Waals surface area (Å²) in [7, 11) is 0. The van der Waals surface area contributed by atoms with E-state index in [1.165, 1.54) is 11.1 Å². The van der Waals surface area contributed by atoms with E-state index in [1.54, 1.807) is 0 Å². The van der Waals surface area contributed by atoms with Crippen LogP contribution in [0.1, 0.15) is 95.2 Å². The fourth-order valence-corrected chi connectivity index (χ4v) is 12.9. The molecule has 234 valence electrons. The predicted molar refractivity (Wildman–Crippen MR) is 164 cm³/mol. The van der Waals surface area contributed by atoms with E-state index in [0.717, 1.165) is 65.4 Å². The fraction of sp³-hybridized carbons (Fsp3) is 0.676. The molecule has 8 aliphatic rings. The van der Waals surface area contributed by atoms with Crippen molar-refractivity contribution in [1.29, 1.82) is 0 Å². The normalized spacial score (nSPS) is 53.4. The van der Waals surface area contributed by atoms with E-state index < -0.39 is 51.5 Å². The minimum Gasteiger partial charge on any atom is -0.387 e. The Morgan fingerprint density at radius 2 is 1.84 bits per heavy atom. The van der Waals surface area contributed by atoms with Gasteiger partial charge in [0.2, 0.25) is 0 Å². The average Bonchev–Trinajstić information content (AvgIpc) is 3.53. The van der Waals surface area contributed by atoms with E-state index in [9.17, 15) is 15.3 Å². The highest BCUT2D eigenvalue weighted by Crippen LogP contribution is 2.78. The maximum Gasteiger partial charge on any atom is 0.153 e. The van der Waals surface area contributed by atoms with Crippen LogP contribution in [0.15, 0.2) is 36.4 Å². The van der Waals surface area contributed by atoms with Gasteiger partial charge in [-0.25, -0.2) is 0 Å². The molecular weight excluding hydrogens is 554 g/mol. The van der Waals surface area contributed by atoms with E-state index in [0.29, 0.717) is 6.42 Å². The zero-order chi connectivity index (χ0) is 30.7. The Morgan fingerprint density at radius 3 is 2.59 bits per heavy atom. The molecule has 2 aromatic rings. The Balaban J connectivity index is 1.20. The van der Waals surface area contributed by atoms with Crippen molar-refractivity contribution in [2.75, 3.05) is 0 Å². The van der Waals surface area contributed by atoms with Crippen LogP contribution in [0.3, 0.4) is 0 Å². The fourth-order valence-electron chi connectivity index (χ4n) is 12.9. The minimum absolute atomic E-state index is 0.0343. The van der Waals surface area contributed by atoms with Gasteiger partial charge in [0.25, 0.3) is 0 Å². The van der Waals surface area contributed by atoms with Crippen LogP contribution in [0.2, 0.25) is 0 Å². The van der Waals surface area contributed by atoms with Crippen LogP contribution in [0.4, 0.5) is 0 Å². The second-order valence-electron chi connectivity index (χ2n) is 16.9. The smallest absolute Gasteiger partial charge is 0.153 e. The van der Waals surface area contributed by atoms with Gasteiger partial charge in [0.05, 0.1) is 17.8 Å². The third kappa shape index (κ3) is 2.44. The first-order valence-corrected chi connectivity index (χ1v) is 16.8. The lowest BCUT2D eigenvalue weighted by Crippen LogP contribution is -2.76. The maximum atomic E-state index is 13.2. The van der Waals surface area contributed by atoms with Gasteiger partial charge in [-0.1, -0.05) is 38.6 Å². The van der Waals surface area contributed by atoms with E-state index >= 15 is 0 Å². The first-order chi connectivity index (χ1) is 20.7. The second-order valence-corrected chi connectivity index (χ2v) is 16.9. The predicted octanol–water partition coefficient (Wildman–Crippen LogP) is 5.01. The quantitative estimate of drug-likeness (QED) is 0.271. The molecule has 3 aliphatic heterocycles. The van der Waals surface area contributed by atoms with Gasteiger partial charge in [0.1, 0.15) is 29.5 Å². The SMILES string of the molecule is C=C(C)C1OC2CCC3(C)C4(C)c5[nH]c6ccc7c8c6c5C(OC(C)(C)C5CC(C(=C)C7)C85O)C4CCC3(O)C23OC3C1O. The average molecular weight is 600 g/mol. The molecule has 4 heterocycles. The summed E-state index contributed by atoms with van der Waals surface area (Å²) >= 11 is 0. The lowest BCUT2D eigenvalue weighted by atomic mass is 9.40. The molecule has 1 aromatic heterocycles. The molecule has 1 spiro atoms. The largest absolute Gasteiger partial charge is 0.387 e. The van der Waals surface area contributed by atoms with Crippen LogP contribution >= 0.6 is 0 Å². The second kappa shape index (κ2) is 7.42. The van der Waals surface area contributed by atoms with Gasteiger partial charge < -0.3 is 34.5 Å². The Kier molecular flexibility index (Phi) is 4.58. The van der Waals surface area contributed by atoms with Crippen LogP contribution in [0.5, 0.6) is 0 Å². The van der Waals surface area contributed by atoms with Gasteiger partial charge in [-0.2, -0.15) is 0 Å². The Morgan fingerprint density at radius 1 is 1.07 bits per heavy atom. The molecule has 5 fully saturated rings. The highest BCUT2D eigenvalue weighted by atomic mass is 16.7. The molecule has 7 nitrogen and oxygen atoms in total. The zero-order valence-corrected chi connectivity index (χ0v) is 26.5. The lowest BCUT2D eigenvalue weighted by Gasteiger charge is -2.66. The topological polar surface area (TPSA) is 107 Å². The van der Waals surface area contributed by atoms with Crippen molar-refractivity contribution in [3.8, 4) is 0 Å². The maximum absolute atomic E-state index is 13.2. The number of aliphatic hydroxyl groups is 3. The number of H-pyrrole nitrogens is 1. The molecular formula is C37H45NO6. The van der Waals surface area contributed by atoms with Crippen molar-refractivity contribution in [1.82, 2.24) is 4.98 Å². The molecule has 1 aromatic carbocycles. The molecule has 0 radical (unpaired) electrons. The van der Waals surface area contributed by atoms with Gasteiger partial charge in [-0.3, -0.25) is 0 Å². The van der Waals surface area contributed by atoms with E-state index in [1.807, 2.05) is 6.92 Å². The molecule has 44 heavy (non-hydrogen) atoms. The third-order valence-electron chi connectivity index (χ3n) is 15.1. The summed E-state index contributed by atoms with van der Waals surface area (Å²) in [5.74, 6) is 0.140. The van der Waals surface area contributed by atoms with E-state index in [-0.39, 0.29) is 30.0 Å². The monoisotopic (exact) mass is 599 g/mol. The van der Waals surface area contributed by atoms with Gasteiger partial charge in [-0.15, -0.1) is 0 Å². The molecule has 4 N–H and O–H groups in total. The number of hydrogen-bond acceptors (Lipinski definition) is 6. The van der Waals surface area contributed by atoms with Crippen molar-refractivity contribution in [2.45, 2.75) is 131 Å². The van der Waals surface area contributed by atoms with Crippen LogP contribution < -0.4 is 0 Å². The standard InChI is InChI=1S/C37H45NO6/c1-16(2)28-27(39)31-37(44-31)23(42-28)11-12-33(6)34(7)19(10-13-35(33,37)40)29-25-24-21(38-30(25)34)9-8-18-14-17(3)20-15-22(32(4,5)43-29)36(20,41)26(18)24/h8-9,19-20,22-23,27-29,31,38-41H,1,3,10-15H2,2,4-7H3. The number of ether oxygens (including phenoxy) is 3. The molecule has 10 rings (SSSR count). The van der Waals surface area contributed by atoms with Crippen molar-refractivity contribution in [3.05, 3.63) is 58.8 Å². The van der Waals surface area contributed by atoms with Crippen LogP contribution in [0.25, 0.3) is 10.9 Å². The summed E-state index contributed by atoms with van der Waals surface area (Å²) in [6.45, 7) is 19.3. The molecule has 5 aliphatic carbocycles. The van der Waals surface area contributed by atoms with Gasteiger partial charge in [-0.05, 0) is 82.1 Å². The number of benzene rings is 1. The Bertz CT molecular complexity index is 1740. The molecule has 7 heteroatoms. The first kappa shape index (κ1) is 27.1. The third-order valence-corrected chi connectivity index (χ3v) is 15.1. The number of hydrogen-bond donors (Lipinski definition) is 4. The number of nitrogens with one attached hydrogen (secondary N) is 1. The molecule has 13 atom stereocenters. The summed E-state index contributed by atoms with van der Waals surface area (Å²) in [6.07, 6.45) is 2.22. The summed E-state index contributed by atoms with van der Waals surface area (Å²) in [6, 6.07) is 4.36. The Labute approximate surface area is 258 Å². The summed E-state index contributed by atoms with van der Waals surface area (Å²) in [4.78, 5) is 3.91. The lowest BCUT2D eigenvalue weighted by molar-refractivity contribution is -0.281. The molecule has 2 saturated heterocycles. The van der Waals surface area contributed by atoms with Crippen molar-refractivity contribution >= 4 is 10.9 Å². The molecule has 3 saturated carbocycles. The van der Waals surface area contributed by atoms with Gasteiger partial charge in [0, 0.05) is 50.7 Å².